The fraction of sp³-hybridized carbons (Fsp3) is 0.455. The van der Waals surface area contributed by atoms with Crippen LogP contribution in [-0.2, 0) is 0 Å². The maximum absolute atomic E-state index is 10.1. The molecule has 0 saturated heterocycles. The van der Waals surface area contributed by atoms with Gasteiger partial charge < -0.3 is 10.3 Å². The van der Waals surface area contributed by atoms with Crippen LogP contribution in [0.1, 0.15) is 24.8 Å². The number of nitrogens with zero attached hydrogens (tertiary/aromatic N) is 3. The van der Waals surface area contributed by atoms with Gasteiger partial charge in [-0.1, -0.05) is 19.1 Å². The topological polar surface area (TPSA) is 99.7 Å². The van der Waals surface area contributed by atoms with Gasteiger partial charge in [0.1, 0.15) is 5.92 Å². The van der Waals surface area contributed by atoms with Gasteiger partial charge in [0.2, 0.25) is 0 Å². The van der Waals surface area contributed by atoms with Crippen molar-refractivity contribution >= 4 is 17.5 Å². The highest BCUT2D eigenvalue weighted by atomic mass is 32.2. The van der Waals surface area contributed by atoms with E-state index in [-0.39, 0.29) is 11.6 Å². The van der Waals surface area contributed by atoms with Crippen molar-refractivity contribution in [1.82, 2.24) is 0 Å². The summed E-state index contributed by atoms with van der Waals surface area (Å²) >= 11 is 1.64. The second kappa shape index (κ2) is 8.19. The molecule has 142 valence electrons. The summed E-state index contributed by atoms with van der Waals surface area (Å²) in [4.78, 5) is 2.51. The van der Waals surface area contributed by atoms with Crippen LogP contribution in [0.2, 0.25) is 0 Å². The van der Waals surface area contributed by atoms with E-state index in [1.807, 2.05) is 30.5 Å². The van der Waals surface area contributed by atoms with Gasteiger partial charge >= 0.3 is 0 Å². The molecule has 4 atom stereocenters. The Bertz CT molecular complexity index is 898. The molecule has 3 rings (SSSR count). The van der Waals surface area contributed by atoms with Crippen molar-refractivity contribution in [3.63, 3.8) is 0 Å². The Morgan fingerprint density at radius 3 is 2.43 bits per heavy atom. The van der Waals surface area contributed by atoms with Crippen molar-refractivity contribution in [3.8, 4) is 18.2 Å². The first-order valence-corrected chi connectivity index (χ1v) is 10.8. The van der Waals surface area contributed by atoms with Gasteiger partial charge in [-0.3, -0.25) is 0 Å². The van der Waals surface area contributed by atoms with Crippen LogP contribution in [0.15, 0.2) is 40.8 Å². The summed E-state index contributed by atoms with van der Waals surface area (Å²) < 4.78 is 0. The minimum absolute atomic E-state index is 0.0691. The molecule has 0 radical (unpaired) electrons. The lowest BCUT2D eigenvalue weighted by atomic mass is 9.54. The first-order chi connectivity index (χ1) is 13.6. The highest BCUT2D eigenvalue weighted by molar-refractivity contribution is 7.98. The molecule has 1 aromatic rings. The molecule has 0 bridgehead atoms. The SMILES string of the molecule is CCC[NH+]1CC=C2C(C#N)C(=N)C(C#N)(C#N)[C@@H](c3ccc(SC)cc3)[C@H]2C1. The van der Waals surface area contributed by atoms with E-state index in [9.17, 15) is 15.8 Å². The van der Waals surface area contributed by atoms with E-state index in [0.717, 1.165) is 42.1 Å². The fourth-order valence-corrected chi connectivity index (χ4v) is 5.11. The van der Waals surface area contributed by atoms with Crippen LogP contribution >= 0.6 is 11.8 Å². The molecule has 5 nitrogen and oxygen atoms in total. The Labute approximate surface area is 170 Å². The number of nitrogens with one attached hydrogen (secondary N) is 2. The minimum Gasteiger partial charge on any atom is -0.331 e. The Kier molecular flexibility index (Phi) is 5.90. The lowest BCUT2D eigenvalue weighted by molar-refractivity contribution is -0.899. The third kappa shape index (κ3) is 3.12. The standard InChI is InChI=1S/C22H23N5S/c1-3-9-27-10-8-17-18(11-23)21(26)22(13-24,14-25)20(19(17)12-27)15-4-6-16(28-2)7-5-15/h4-8,18-20,26H,3,9-10,12H2,1-2H3/p+1/t18?,19-,20-/m0/s1. The van der Waals surface area contributed by atoms with E-state index in [4.69, 9.17) is 5.41 Å². The van der Waals surface area contributed by atoms with Gasteiger partial charge in [0.15, 0.2) is 5.41 Å². The van der Waals surface area contributed by atoms with Crippen molar-refractivity contribution in [3.05, 3.63) is 41.5 Å². The lowest BCUT2D eigenvalue weighted by Gasteiger charge is -2.46. The van der Waals surface area contributed by atoms with Gasteiger partial charge in [-0.25, -0.2) is 0 Å². The summed E-state index contributed by atoms with van der Waals surface area (Å²) in [5, 5.41) is 38.5. The number of thioether (sulfide) groups is 1. The first-order valence-electron chi connectivity index (χ1n) is 9.54. The second-order valence-electron chi connectivity index (χ2n) is 7.48. The van der Waals surface area contributed by atoms with Crippen LogP contribution in [0.25, 0.3) is 0 Å². The molecule has 2 aliphatic rings. The lowest BCUT2D eigenvalue weighted by Crippen LogP contribution is -3.13. The fourth-order valence-electron chi connectivity index (χ4n) is 4.71. The number of hydrogen-bond acceptors (Lipinski definition) is 5. The van der Waals surface area contributed by atoms with E-state index in [2.05, 4.69) is 31.2 Å². The molecule has 1 aliphatic carbocycles. The van der Waals surface area contributed by atoms with E-state index in [1.54, 1.807) is 11.8 Å². The molecule has 0 aromatic heterocycles. The molecule has 1 fully saturated rings. The molecule has 1 heterocycles. The molecule has 0 amide bonds. The maximum atomic E-state index is 10.1. The molecule has 0 spiro atoms. The minimum atomic E-state index is -1.61. The van der Waals surface area contributed by atoms with E-state index >= 15 is 0 Å². The Morgan fingerprint density at radius 1 is 1.21 bits per heavy atom. The average molecular weight is 391 g/mol. The maximum Gasteiger partial charge on any atom is 0.189 e. The summed E-state index contributed by atoms with van der Waals surface area (Å²) in [6.45, 7) is 4.77. The van der Waals surface area contributed by atoms with Crippen molar-refractivity contribution in [2.75, 3.05) is 25.9 Å². The third-order valence-electron chi connectivity index (χ3n) is 6.04. The zero-order chi connectivity index (χ0) is 20.3. The molecule has 28 heavy (non-hydrogen) atoms. The number of hydrogen-bond donors (Lipinski definition) is 2. The molecule has 6 heteroatoms. The summed E-state index contributed by atoms with van der Waals surface area (Å²) in [5.74, 6) is -1.31. The number of rotatable bonds is 4. The molecular formula is C22H24N5S+. The van der Waals surface area contributed by atoms with Gasteiger partial charge in [-0.2, -0.15) is 15.8 Å². The van der Waals surface area contributed by atoms with Gasteiger partial charge in [-0.05, 0) is 42.0 Å². The largest absolute Gasteiger partial charge is 0.331 e. The van der Waals surface area contributed by atoms with Crippen LogP contribution < -0.4 is 4.90 Å². The summed E-state index contributed by atoms with van der Waals surface area (Å²) in [7, 11) is 0. The second-order valence-corrected chi connectivity index (χ2v) is 8.36. The van der Waals surface area contributed by atoms with Crippen molar-refractivity contribution < 1.29 is 4.90 Å². The van der Waals surface area contributed by atoms with Crippen molar-refractivity contribution in [2.45, 2.75) is 24.2 Å². The molecule has 2 N–H and O–H groups in total. The smallest absolute Gasteiger partial charge is 0.189 e. The van der Waals surface area contributed by atoms with Crippen LogP contribution in [0.5, 0.6) is 0 Å². The highest BCUT2D eigenvalue weighted by Crippen LogP contribution is 2.52. The van der Waals surface area contributed by atoms with Gasteiger partial charge in [0, 0.05) is 16.7 Å². The summed E-state index contributed by atoms with van der Waals surface area (Å²) in [5.41, 5.74) is 0.140. The zero-order valence-electron chi connectivity index (χ0n) is 16.2. The predicted octanol–water partition coefficient (Wildman–Crippen LogP) is 2.55. The molecule has 1 aromatic carbocycles. The average Bonchev–Trinajstić information content (AvgIpc) is 2.73. The predicted molar refractivity (Wildman–Crippen MR) is 109 cm³/mol. The number of quaternary nitrogens is 1. The van der Waals surface area contributed by atoms with Gasteiger partial charge in [-0.15, -0.1) is 11.8 Å². The van der Waals surface area contributed by atoms with Gasteiger partial charge in [0.25, 0.3) is 0 Å². The van der Waals surface area contributed by atoms with Crippen molar-refractivity contribution in [2.24, 2.45) is 17.3 Å². The first kappa shape index (κ1) is 20.2. The van der Waals surface area contributed by atoms with Crippen molar-refractivity contribution in [1.29, 1.82) is 21.2 Å². The molecule has 1 saturated carbocycles. The van der Waals surface area contributed by atoms with E-state index in [1.165, 1.54) is 4.90 Å². The van der Waals surface area contributed by atoms with Crippen LogP contribution in [0, 0.1) is 56.7 Å². The van der Waals surface area contributed by atoms with Crippen LogP contribution in [0.4, 0.5) is 0 Å². The van der Waals surface area contributed by atoms with Crippen LogP contribution in [0.3, 0.4) is 0 Å². The highest BCUT2D eigenvalue weighted by Gasteiger charge is 2.58. The number of nitriles is 3. The van der Waals surface area contributed by atoms with E-state index < -0.39 is 17.3 Å². The quantitative estimate of drug-likeness (QED) is 0.609. The molecule has 2 unspecified atom stereocenters. The normalized spacial score (nSPS) is 28.2. The Morgan fingerprint density at radius 2 is 1.89 bits per heavy atom. The summed E-state index contributed by atoms with van der Waals surface area (Å²) in [6.07, 6.45) is 5.15. The van der Waals surface area contributed by atoms with Crippen LogP contribution in [-0.4, -0.2) is 31.6 Å². The molecule has 1 aliphatic heterocycles. The Balaban J connectivity index is 2.18. The third-order valence-corrected chi connectivity index (χ3v) is 6.78. The zero-order valence-corrected chi connectivity index (χ0v) is 17.0. The Hall–Kier alpha value is -2.59. The van der Waals surface area contributed by atoms with E-state index in [0.29, 0.717) is 0 Å². The molecular weight excluding hydrogens is 366 g/mol. The number of benzene rings is 1. The van der Waals surface area contributed by atoms with Gasteiger partial charge in [0.05, 0.1) is 43.6 Å². The monoisotopic (exact) mass is 390 g/mol. The number of fused-ring (bicyclic) bond motifs is 1. The summed E-state index contributed by atoms with van der Waals surface area (Å²) in [6, 6.07) is 14.5.